The highest BCUT2D eigenvalue weighted by atomic mass is 19.1. The third-order valence-electron chi connectivity index (χ3n) is 3.74. The lowest BCUT2D eigenvalue weighted by atomic mass is 10.1. The van der Waals surface area contributed by atoms with Gasteiger partial charge in [-0.2, -0.15) is 10.4 Å². The number of nitriles is 1. The molecule has 2 N–H and O–H groups in total. The molecule has 0 unspecified atom stereocenters. The highest BCUT2D eigenvalue weighted by Gasteiger charge is 2.10. The number of nitrogens with zero attached hydrogens (tertiary/aromatic N) is 4. The number of carbonyl (C=O) groups excluding carboxylic acids is 1. The van der Waals surface area contributed by atoms with E-state index in [4.69, 9.17) is 5.26 Å². The summed E-state index contributed by atoms with van der Waals surface area (Å²) in [5, 5.41) is 19.2. The largest absolute Gasteiger partial charge is 0.334 e. The van der Waals surface area contributed by atoms with Crippen LogP contribution in [0.1, 0.15) is 16.8 Å². The Hall–Kier alpha value is -3.47. The second-order valence-electron chi connectivity index (χ2n) is 5.53. The maximum Gasteiger partial charge on any atom is 0.319 e. The molecule has 0 aliphatic heterocycles. The van der Waals surface area contributed by atoms with Gasteiger partial charge < -0.3 is 10.6 Å². The second-order valence-corrected chi connectivity index (χ2v) is 5.53. The Morgan fingerprint density at radius 3 is 2.96 bits per heavy atom. The third-order valence-corrected chi connectivity index (χ3v) is 3.74. The molecular weight excluding hydrogens is 323 g/mol. The third kappa shape index (κ3) is 3.40. The van der Waals surface area contributed by atoms with Gasteiger partial charge >= 0.3 is 6.03 Å². The first kappa shape index (κ1) is 16.4. The summed E-state index contributed by atoms with van der Waals surface area (Å²) in [6.07, 6.45) is 1.53. The monoisotopic (exact) mass is 338 g/mol. The topological polar surface area (TPSA) is 95.6 Å². The summed E-state index contributed by atoms with van der Waals surface area (Å²) in [6, 6.07) is 7.21. The van der Waals surface area contributed by atoms with Crippen LogP contribution in [0.15, 0.2) is 30.5 Å². The van der Waals surface area contributed by atoms with Gasteiger partial charge in [0.25, 0.3) is 0 Å². The van der Waals surface area contributed by atoms with E-state index in [1.165, 1.54) is 24.4 Å². The number of aryl methyl sites for hydroxylation is 2. The average Bonchev–Trinajstić information content (AvgIpc) is 2.88. The smallest absolute Gasteiger partial charge is 0.319 e. The van der Waals surface area contributed by atoms with E-state index in [2.05, 4.69) is 20.7 Å². The van der Waals surface area contributed by atoms with Crippen LogP contribution >= 0.6 is 0 Å². The lowest BCUT2D eigenvalue weighted by molar-refractivity contribution is 0.251. The fraction of sp³-hybridized carbons (Fsp3) is 0.176. The number of carbonyl (C=O) groups is 1. The van der Waals surface area contributed by atoms with E-state index in [9.17, 15) is 9.18 Å². The quantitative estimate of drug-likeness (QED) is 0.767. The van der Waals surface area contributed by atoms with E-state index < -0.39 is 11.8 Å². The number of benzene rings is 1. The number of amides is 2. The van der Waals surface area contributed by atoms with Gasteiger partial charge in [-0.25, -0.2) is 14.2 Å². The Labute approximate surface area is 143 Å². The zero-order valence-electron chi connectivity index (χ0n) is 13.7. The van der Waals surface area contributed by atoms with E-state index in [1.54, 1.807) is 17.8 Å². The summed E-state index contributed by atoms with van der Waals surface area (Å²) in [5.41, 5.74) is 2.61. The van der Waals surface area contributed by atoms with E-state index in [-0.39, 0.29) is 12.1 Å². The summed E-state index contributed by atoms with van der Waals surface area (Å²) >= 11 is 0. The van der Waals surface area contributed by atoms with E-state index in [0.717, 1.165) is 16.7 Å². The van der Waals surface area contributed by atoms with Crippen LogP contribution in [-0.2, 0) is 13.6 Å². The molecular formula is C17H15FN6O. The van der Waals surface area contributed by atoms with Crippen LogP contribution in [0.5, 0.6) is 0 Å². The van der Waals surface area contributed by atoms with Crippen molar-refractivity contribution in [2.45, 2.75) is 13.5 Å². The van der Waals surface area contributed by atoms with Crippen molar-refractivity contribution in [1.29, 1.82) is 5.26 Å². The summed E-state index contributed by atoms with van der Waals surface area (Å²) in [6.45, 7) is 1.83. The lowest BCUT2D eigenvalue weighted by Gasteiger charge is -2.08. The molecule has 1 aromatic carbocycles. The van der Waals surface area contributed by atoms with Crippen LogP contribution in [0.25, 0.3) is 11.0 Å². The molecule has 2 aromatic heterocycles. The second kappa shape index (κ2) is 6.57. The molecule has 8 heteroatoms. The number of nitrogens with one attached hydrogen (secondary N) is 2. The minimum Gasteiger partial charge on any atom is -0.334 e. The first-order valence-electron chi connectivity index (χ1n) is 7.50. The van der Waals surface area contributed by atoms with Gasteiger partial charge in [0.1, 0.15) is 5.82 Å². The first-order chi connectivity index (χ1) is 12.0. The lowest BCUT2D eigenvalue weighted by Crippen LogP contribution is -2.28. The molecule has 2 heterocycles. The van der Waals surface area contributed by atoms with E-state index in [1.807, 2.05) is 13.0 Å². The highest BCUT2D eigenvalue weighted by Crippen LogP contribution is 2.19. The van der Waals surface area contributed by atoms with Gasteiger partial charge in [-0.3, -0.25) is 4.68 Å². The molecule has 126 valence electrons. The SMILES string of the molecule is Cc1nn(C)c2ncc(NC(=O)NCc3cc(C#N)ccc3F)cc12. The van der Waals surface area contributed by atoms with Gasteiger partial charge in [0.15, 0.2) is 5.65 Å². The minimum atomic E-state index is -0.496. The maximum absolute atomic E-state index is 13.7. The molecule has 0 saturated heterocycles. The van der Waals surface area contributed by atoms with Gasteiger partial charge in [-0.1, -0.05) is 0 Å². The summed E-state index contributed by atoms with van der Waals surface area (Å²) in [5.74, 6) is -0.478. The highest BCUT2D eigenvalue weighted by molar-refractivity contribution is 5.92. The Balaban J connectivity index is 1.69. The molecule has 0 aliphatic carbocycles. The van der Waals surface area contributed by atoms with Gasteiger partial charge in [-0.15, -0.1) is 0 Å². The van der Waals surface area contributed by atoms with Crippen molar-refractivity contribution in [3.63, 3.8) is 0 Å². The standard InChI is InChI=1S/C17H15FN6O/c1-10-14-6-13(9-20-16(14)24(2)23-10)22-17(25)21-8-12-5-11(7-19)3-4-15(12)18/h3-6,9H,8H2,1-2H3,(H2,21,22,25). The number of hydrogen-bond donors (Lipinski definition) is 2. The van der Waals surface area contributed by atoms with Crippen LogP contribution in [0.4, 0.5) is 14.9 Å². The van der Waals surface area contributed by atoms with Crippen LogP contribution < -0.4 is 10.6 Å². The van der Waals surface area contributed by atoms with Gasteiger partial charge in [0.05, 0.1) is 29.2 Å². The van der Waals surface area contributed by atoms with Crippen molar-refractivity contribution < 1.29 is 9.18 Å². The molecule has 0 aliphatic rings. The molecule has 3 aromatic rings. The average molecular weight is 338 g/mol. The van der Waals surface area contributed by atoms with E-state index in [0.29, 0.717) is 11.3 Å². The fourth-order valence-electron chi connectivity index (χ4n) is 2.51. The Bertz CT molecular complexity index is 1000. The number of urea groups is 1. The minimum absolute atomic E-state index is 0.0330. The van der Waals surface area contributed by atoms with Gasteiger partial charge in [0, 0.05) is 24.5 Å². The van der Waals surface area contributed by atoms with Crippen molar-refractivity contribution in [2.24, 2.45) is 7.05 Å². The summed E-state index contributed by atoms with van der Waals surface area (Å²) < 4.78 is 15.4. The van der Waals surface area contributed by atoms with Crippen molar-refractivity contribution in [3.8, 4) is 6.07 Å². The molecule has 0 saturated carbocycles. The molecule has 0 radical (unpaired) electrons. The van der Waals surface area contributed by atoms with Crippen LogP contribution in [0, 0.1) is 24.1 Å². The van der Waals surface area contributed by atoms with Crippen LogP contribution in [0.3, 0.4) is 0 Å². The predicted octanol–water partition coefficient (Wildman–Crippen LogP) is 2.61. The van der Waals surface area contributed by atoms with Crippen molar-refractivity contribution in [3.05, 3.63) is 53.1 Å². The predicted molar refractivity (Wildman–Crippen MR) is 90.2 cm³/mol. The molecule has 7 nitrogen and oxygen atoms in total. The van der Waals surface area contributed by atoms with Crippen LogP contribution in [0.2, 0.25) is 0 Å². The van der Waals surface area contributed by atoms with Gasteiger partial charge in [-0.05, 0) is 31.2 Å². The molecule has 0 bridgehead atoms. The maximum atomic E-state index is 13.7. The van der Waals surface area contributed by atoms with Crippen molar-refractivity contribution >= 4 is 22.8 Å². The molecule has 25 heavy (non-hydrogen) atoms. The van der Waals surface area contributed by atoms with Crippen molar-refractivity contribution in [2.75, 3.05) is 5.32 Å². The number of pyridine rings is 1. The Kier molecular flexibility index (Phi) is 4.31. The number of fused-ring (bicyclic) bond motifs is 1. The van der Waals surface area contributed by atoms with Gasteiger partial charge in [0.2, 0.25) is 0 Å². The molecule has 2 amide bonds. The fourth-order valence-corrected chi connectivity index (χ4v) is 2.51. The normalized spacial score (nSPS) is 10.5. The number of hydrogen-bond acceptors (Lipinski definition) is 4. The summed E-state index contributed by atoms with van der Waals surface area (Å²) in [4.78, 5) is 16.3. The first-order valence-corrected chi connectivity index (χ1v) is 7.50. The van der Waals surface area contributed by atoms with E-state index >= 15 is 0 Å². The number of aromatic nitrogens is 3. The molecule has 0 atom stereocenters. The molecule has 0 fully saturated rings. The van der Waals surface area contributed by atoms with Crippen LogP contribution in [-0.4, -0.2) is 20.8 Å². The zero-order chi connectivity index (χ0) is 18.0. The number of anilines is 1. The Morgan fingerprint density at radius 2 is 2.20 bits per heavy atom. The zero-order valence-corrected chi connectivity index (χ0v) is 13.7. The van der Waals surface area contributed by atoms with Crippen molar-refractivity contribution in [1.82, 2.24) is 20.1 Å². The number of rotatable bonds is 3. The Morgan fingerprint density at radius 1 is 1.40 bits per heavy atom. The summed E-state index contributed by atoms with van der Waals surface area (Å²) in [7, 11) is 1.80. The molecule has 3 rings (SSSR count). The number of halogens is 1. The molecule has 0 spiro atoms.